The Morgan fingerprint density at radius 2 is 2.22 bits per heavy atom. The normalized spacial score (nSPS) is 29.2. The molecule has 0 amide bonds. The molecule has 0 aromatic carbocycles. The predicted octanol–water partition coefficient (Wildman–Crippen LogP) is -0.650. The van der Waals surface area contributed by atoms with Crippen LogP contribution in [0.2, 0.25) is 0 Å². The number of aliphatic imine (C=N–C) groups is 1. The highest BCUT2D eigenvalue weighted by Gasteiger charge is 2.39. The number of amidine groups is 1. The van der Waals surface area contributed by atoms with Crippen molar-refractivity contribution >= 4 is 5.84 Å². The van der Waals surface area contributed by atoms with Gasteiger partial charge in [-0.2, -0.15) is 0 Å². The van der Waals surface area contributed by atoms with Gasteiger partial charge in [0.2, 0.25) is 0 Å². The van der Waals surface area contributed by atoms with Crippen LogP contribution in [-0.4, -0.2) is 31.0 Å². The molecule has 2 N–H and O–H groups in total. The van der Waals surface area contributed by atoms with Crippen LogP contribution < -0.4 is 10.6 Å². The first-order valence-corrected chi connectivity index (χ1v) is 3.32. The van der Waals surface area contributed by atoms with E-state index in [9.17, 15) is 0 Å². The molecule has 0 atom stereocenters. The molecule has 2 aliphatic heterocycles. The highest BCUT2D eigenvalue weighted by Crippen LogP contribution is 2.18. The minimum absolute atomic E-state index is 0.254. The lowest BCUT2D eigenvalue weighted by molar-refractivity contribution is 0.300. The van der Waals surface area contributed by atoms with Crippen molar-refractivity contribution in [3.8, 4) is 0 Å². The maximum absolute atomic E-state index is 4.47. The van der Waals surface area contributed by atoms with Gasteiger partial charge in [-0.3, -0.25) is 4.99 Å². The van der Waals surface area contributed by atoms with Gasteiger partial charge in [0.1, 0.15) is 5.54 Å². The second kappa shape index (κ2) is 1.48. The van der Waals surface area contributed by atoms with Gasteiger partial charge in [0.05, 0.1) is 5.84 Å². The Hall–Kier alpha value is -0.570. The second-order valence-electron chi connectivity index (χ2n) is 2.88. The summed E-state index contributed by atoms with van der Waals surface area (Å²) in [4.78, 5) is 4.47. The molecule has 3 heteroatoms. The average Bonchev–Trinajstić information content (AvgIpc) is 2.09. The van der Waals surface area contributed by atoms with E-state index in [-0.39, 0.29) is 5.54 Å². The lowest BCUT2D eigenvalue weighted by atomic mass is 9.95. The van der Waals surface area contributed by atoms with Crippen LogP contribution in [0.3, 0.4) is 0 Å². The SMILES string of the molecule is CC1=NC2(CNC2)CN1. The summed E-state index contributed by atoms with van der Waals surface area (Å²) in [6.07, 6.45) is 0. The molecule has 50 valence electrons. The molecule has 2 aliphatic rings. The molecule has 0 unspecified atom stereocenters. The molecule has 0 radical (unpaired) electrons. The van der Waals surface area contributed by atoms with Crippen molar-refractivity contribution < 1.29 is 0 Å². The van der Waals surface area contributed by atoms with E-state index >= 15 is 0 Å². The second-order valence-corrected chi connectivity index (χ2v) is 2.88. The molecule has 0 saturated carbocycles. The Balaban J connectivity index is 2.15. The summed E-state index contributed by atoms with van der Waals surface area (Å²) in [6.45, 7) is 5.16. The van der Waals surface area contributed by atoms with Gasteiger partial charge >= 0.3 is 0 Å². The maximum atomic E-state index is 4.47. The number of hydrogen-bond acceptors (Lipinski definition) is 3. The van der Waals surface area contributed by atoms with Gasteiger partial charge in [0.25, 0.3) is 0 Å². The lowest BCUT2D eigenvalue weighted by Gasteiger charge is -2.35. The van der Waals surface area contributed by atoms with Crippen LogP contribution in [0.25, 0.3) is 0 Å². The molecule has 1 fully saturated rings. The monoisotopic (exact) mass is 125 g/mol. The van der Waals surface area contributed by atoms with Crippen molar-refractivity contribution in [1.82, 2.24) is 10.6 Å². The standard InChI is InChI=1S/C6H11N3/c1-5-8-4-6(9-5)2-7-3-6/h7H,2-4H2,1H3,(H,8,9). The Kier molecular flexibility index (Phi) is 0.858. The average molecular weight is 125 g/mol. The van der Waals surface area contributed by atoms with Gasteiger partial charge in [-0.25, -0.2) is 0 Å². The zero-order valence-electron chi connectivity index (χ0n) is 5.57. The molecule has 0 aromatic heterocycles. The first-order valence-electron chi connectivity index (χ1n) is 3.32. The molecule has 0 aromatic rings. The van der Waals surface area contributed by atoms with Crippen LogP contribution >= 0.6 is 0 Å². The Morgan fingerprint density at radius 3 is 2.44 bits per heavy atom. The van der Waals surface area contributed by atoms with Crippen molar-refractivity contribution in [1.29, 1.82) is 0 Å². The third-order valence-corrected chi connectivity index (χ3v) is 1.99. The zero-order valence-corrected chi connectivity index (χ0v) is 5.57. The van der Waals surface area contributed by atoms with Crippen molar-refractivity contribution in [3.05, 3.63) is 0 Å². The summed E-state index contributed by atoms with van der Waals surface area (Å²) < 4.78 is 0. The minimum Gasteiger partial charge on any atom is -0.372 e. The molecule has 2 rings (SSSR count). The summed E-state index contributed by atoms with van der Waals surface area (Å²) >= 11 is 0. The summed E-state index contributed by atoms with van der Waals surface area (Å²) in [5, 5.41) is 6.44. The Bertz CT molecular complexity index is 158. The predicted molar refractivity (Wildman–Crippen MR) is 36.7 cm³/mol. The summed E-state index contributed by atoms with van der Waals surface area (Å²) in [7, 11) is 0. The van der Waals surface area contributed by atoms with E-state index in [1.54, 1.807) is 0 Å². The van der Waals surface area contributed by atoms with E-state index < -0.39 is 0 Å². The van der Waals surface area contributed by atoms with Crippen molar-refractivity contribution in [2.24, 2.45) is 4.99 Å². The highest BCUT2D eigenvalue weighted by atomic mass is 15.2. The van der Waals surface area contributed by atoms with Gasteiger partial charge in [-0.05, 0) is 6.92 Å². The molecule has 0 bridgehead atoms. The first-order chi connectivity index (χ1) is 4.31. The summed E-state index contributed by atoms with van der Waals surface area (Å²) in [5.41, 5.74) is 0.254. The molecule has 2 heterocycles. The molecular weight excluding hydrogens is 114 g/mol. The molecule has 0 aliphatic carbocycles. The fourth-order valence-corrected chi connectivity index (χ4v) is 1.34. The number of rotatable bonds is 0. The van der Waals surface area contributed by atoms with Crippen LogP contribution in [0.4, 0.5) is 0 Å². The summed E-state index contributed by atoms with van der Waals surface area (Å²) in [5.74, 6) is 1.09. The van der Waals surface area contributed by atoms with Crippen LogP contribution in [0.15, 0.2) is 4.99 Å². The van der Waals surface area contributed by atoms with Gasteiger partial charge in [0, 0.05) is 19.6 Å². The molecule has 9 heavy (non-hydrogen) atoms. The van der Waals surface area contributed by atoms with E-state index in [2.05, 4.69) is 15.6 Å². The maximum Gasteiger partial charge on any atom is 0.105 e. The topological polar surface area (TPSA) is 36.4 Å². The Labute approximate surface area is 54.5 Å². The highest BCUT2D eigenvalue weighted by molar-refractivity contribution is 5.82. The van der Waals surface area contributed by atoms with Crippen LogP contribution in [-0.2, 0) is 0 Å². The van der Waals surface area contributed by atoms with Crippen molar-refractivity contribution in [2.75, 3.05) is 19.6 Å². The smallest absolute Gasteiger partial charge is 0.105 e. The summed E-state index contributed by atoms with van der Waals surface area (Å²) in [6, 6.07) is 0. The van der Waals surface area contributed by atoms with Gasteiger partial charge in [-0.15, -0.1) is 0 Å². The minimum atomic E-state index is 0.254. The van der Waals surface area contributed by atoms with E-state index in [0.29, 0.717) is 0 Å². The Morgan fingerprint density at radius 1 is 1.44 bits per heavy atom. The fraction of sp³-hybridized carbons (Fsp3) is 0.833. The van der Waals surface area contributed by atoms with Gasteiger partial charge in [-0.1, -0.05) is 0 Å². The van der Waals surface area contributed by atoms with E-state index in [1.807, 2.05) is 6.92 Å². The van der Waals surface area contributed by atoms with Crippen molar-refractivity contribution in [3.63, 3.8) is 0 Å². The van der Waals surface area contributed by atoms with E-state index in [1.165, 1.54) is 0 Å². The first kappa shape index (κ1) is 5.23. The van der Waals surface area contributed by atoms with Crippen molar-refractivity contribution in [2.45, 2.75) is 12.5 Å². The largest absolute Gasteiger partial charge is 0.372 e. The third-order valence-electron chi connectivity index (χ3n) is 1.99. The van der Waals surface area contributed by atoms with Gasteiger partial charge < -0.3 is 10.6 Å². The van der Waals surface area contributed by atoms with Crippen LogP contribution in [0.1, 0.15) is 6.92 Å². The van der Waals surface area contributed by atoms with Crippen LogP contribution in [0, 0.1) is 0 Å². The molecule has 3 nitrogen and oxygen atoms in total. The van der Waals surface area contributed by atoms with Crippen LogP contribution in [0.5, 0.6) is 0 Å². The zero-order chi connectivity index (χ0) is 6.32. The van der Waals surface area contributed by atoms with E-state index in [4.69, 9.17) is 0 Å². The number of hydrogen-bond donors (Lipinski definition) is 2. The van der Waals surface area contributed by atoms with Gasteiger partial charge in [0.15, 0.2) is 0 Å². The molecule has 1 spiro atoms. The third kappa shape index (κ3) is 0.645. The molecule has 1 saturated heterocycles. The number of nitrogens with one attached hydrogen (secondary N) is 2. The molecular formula is C6H11N3. The lowest BCUT2D eigenvalue weighted by Crippen LogP contribution is -2.60. The quantitative estimate of drug-likeness (QED) is 0.451. The van der Waals surface area contributed by atoms with E-state index in [0.717, 1.165) is 25.5 Å². The number of nitrogens with zero attached hydrogens (tertiary/aromatic N) is 1. The fourth-order valence-electron chi connectivity index (χ4n) is 1.34.